The summed E-state index contributed by atoms with van der Waals surface area (Å²) in [4.78, 5) is 12.4. The number of hydrogen-bond acceptors (Lipinski definition) is 5. The fourth-order valence-corrected chi connectivity index (χ4v) is 2.43. The topological polar surface area (TPSA) is 77.4 Å². The summed E-state index contributed by atoms with van der Waals surface area (Å²) < 4.78 is 12.5. The van der Waals surface area contributed by atoms with Gasteiger partial charge in [0.15, 0.2) is 11.5 Å². The number of benzene rings is 1. The van der Waals surface area contributed by atoms with E-state index in [0.29, 0.717) is 24.7 Å². The number of carbonyl (C=O) groups is 1. The number of nitrogens with zero attached hydrogens (tertiary/aromatic N) is 2. The standard InChI is InChI=1S/C17H24N4O3/c1-5-24-15-8-12(6-7-14(15)23-4)9-19-17(22)16(18-2)13-10-20-21(3)11-13/h6-8,10-11,16,18H,5,9H2,1-4H3,(H,19,22). The third-order valence-corrected chi connectivity index (χ3v) is 3.60. The molecule has 7 heteroatoms. The predicted octanol–water partition coefficient (Wildman–Crippen LogP) is 1.40. The average molecular weight is 332 g/mol. The van der Waals surface area contributed by atoms with Crippen LogP contribution in [-0.4, -0.2) is 36.5 Å². The maximum absolute atomic E-state index is 12.4. The second-order valence-corrected chi connectivity index (χ2v) is 5.31. The Kier molecular flexibility index (Phi) is 6.20. The van der Waals surface area contributed by atoms with E-state index >= 15 is 0 Å². The molecule has 0 aliphatic carbocycles. The van der Waals surface area contributed by atoms with E-state index < -0.39 is 6.04 Å². The summed E-state index contributed by atoms with van der Waals surface area (Å²) in [6, 6.07) is 5.17. The number of rotatable bonds is 8. The van der Waals surface area contributed by atoms with Crippen LogP contribution in [-0.2, 0) is 18.4 Å². The lowest BCUT2D eigenvalue weighted by molar-refractivity contribution is -0.123. The number of likely N-dealkylation sites (N-methyl/N-ethyl adjacent to an activating group) is 1. The molecule has 0 fully saturated rings. The third kappa shape index (κ3) is 4.26. The van der Waals surface area contributed by atoms with Gasteiger partial charge in [0.2, 0.25) is 5.91 Å². The highest BCUT2D eigenvalue weighted by Crippen LogP contribution is 2.28. The van der Waals surface area contributed by atoms with Crippen LogP contribution in [0.2, 0.25) is 0 Å². The average Bonchev–Trinajstić information content (AvgIpc) is 3.00. The molecule has 0 radical (unpaired) electrons. The Morgan fingerprint density at radius 1 is 1.38 bits per heavy atom. The molecule has 0 aliphatic heterocycles. The first-order valence-electron chi connectivity index (χ1n) is 7.82. The molecule has 0 bridgehead atoms. The van der Waals surface area contributed by atoms with E-state index in [2.05, 4.69) is 15.7 Å². The van der Waals surface area contributed by atoms with E-state index in [9.17, 15) is 4.79 Å². The lowest BCUT2D eigenvalue weighted by Gasteiger charge is -2.15. The van der Waals surface area contributed by atoms with Crippen LogP contribution in [0, 0.1) is 0 Å². The predicted molar refractivity (Wildman–Crippen MR) is 91.0 cm³/mol. The zero-order valence-corrected chi connectivity index (χ0v) is 14.5. The summed E-state index contributed by atoms with van der Waals surface area (Å²) in [5, 5.41) is 10.0. The van der Waals surface area contributed by atoms with Gasteiger partial charge in [0.05, 0.1) is 19.9 Å². The van der Waals surface area contributed by atoms with Gasteiger partial charge in [-0.05, 0) is 31.7 Å². The van der Waals surface area contributed by atoms with Crippen molar-refractivity contribution in [3.8, 4) is 11.5 Å². The second kappa shape index (κ2) is 8.35. The van der Waals surface area contributed by atoms with Crippen LogP contribution >= 0.6 is 0 Å². The van der Waals surface area contributed by atoms with Crippen molar-refractivity contribution in [3.63, 3.8) is 0 Å². The minimum atomic E-state index is -0.441. The number of hydrogen-bond donors (Lipinski definition) is 2. The van der Waals surface area contributed by atoms with Gasteiger partial charge >= 0.3 is 0 Å². The lowest BCUT2D eigenvalue weighted by Crippen LogP contribution is -2.35. The monoisotopic (exact) mass is 332 g/mol. The summed E-state index contributed by atoms with van der Waals surface area (Å²) in [7, 11) is 5.17. The number of amides is 1. The molecule has 1 amide bonds. The summed E-state index contributed by atoms with van der Waals surface area (Å²) >= 11 is 0. The van der Waals surface area contributed by atoms with Gasteiger partial charge in [-0.15, -0.1) is 0 Å². The summed E-state index contributed by atoms with van der Waals surface area (Å²) in [6.07, 6.45) is 3.50. The molecule has 7 nitrogen and oxygen atoms in total. The van der Waals surface area contributed by atoms with E-state index in [1.54, 1.807) is 25.0 Å². The molecule has 0 saturated heterocycles. The van der Waals surface area contributed by atoms with Crippen LogP contribution in [0.1, 0.15) is 24.1 Å². The van der Waals surface area contributed by atoms with Crippen LogP contribution < -0.4 is 20.1 Å². The van der Waals surface area contributed by atoms with E-state index in [0.717, 1.165) is 11.1 Å². The number of nitrogens with one attached hydrogen (secondary N) is 2. The quantitative estimate of drug-likeness (QED) is 0.764. The Balaban J connectivity index is 2.03. The third-order valence-electron chi connectivity index (χ3n) is 3.60. The Hall–Kier alpha value is -2.54. The van der Waals surface area contributed by atoms with Crippen molar-refractivity contribution >= 4 is 5.91 Å². The molecule has 2 aromatic rings. The molecule has 0 aliphatic rings. The van der Waals surface area contributed by atoms with Crippen LogP contribution in [0.15, 0.2) is 30.6 Å². The molecule has 1 aromatic carbocycles. The first kappa shape index (κ1) is 17.8. The Bertz CT molecular complexity index is 684. The molecule has 0 spiro atoms. The van der Waals surface area contributed by atoms with Crippen LogP contribution in [0.25, 0.3) is 0 Å². The van der Waals surface area contributed by atoms with Crippen LogP contribution in [0.5, 0.6) is 11.5 Å². The highest BCUT2D eigenvalue weighted by molar-refractivity contribution is 5.83. The first-order valence-corrected chi connectivity index (χ1v) is 7.82. The Labute approximate surface area is 142 Å². The van der Waals surface area contributed by atoms with Crippen molar-refractivity contribution < 1.29 is 14.3 Å². The van der Waals surface area contributed by atoms with E-state index in [1.165, 1.54) is 0 Å². The zero-order valence-electron chi connectivity index (χ0n) is 14.5. The Morgan fingerprint density at radius 3 is 2.75 bits per heavy atom. The molecule has 24 heavy (non-hydrogen) atoms. The van der Waals surface area contributed by atoms with Gasteiger partial charge in [0.1, 0.15) is 6.04 Å². The highest BCUT2D eigenvalue weighted by Gasteiger charge is 2.19. The number of methoxy groups -OCH3 is 1. The molecule has 0 saturated carbocycles. The fraction of sp³-hybridized carbons (Fsp3) is 0.412. The van der Waals surface area contributed by atoms with Gasteiger partial charge in [-0.25, -0.2) is 0 Å². The maximum Gasteiger partial charge on any atom is 0.242 e. The zero-order chi connectivity index (χ0) is 17.5. The molecule has 2 N–H and O–H groups in total. The van der Waals surface area contributed by atoms with Gasteiger partial charge in [0.25, 0.3) is 0 Å². The van der Waals surface area contributed by atoms with E-state index in [1.807, 2.05) is 38.4 Å². The number of ether oxygens (including phenoxy) is 2. The van der Waals surface area contributed by atoms with Crippen molar-refractivity contribution in [2.45, 2.75) is 19.5 Å². The fourth-order valence-electron chi connectivity index (χ4n) is 2.43. The molecule has 2 rings (SSSR count). The number of aromatic nitrogens is 2. The van der Waals surface area contributed by atoms with Crippen LogP contribution in [0.3, 0.4) is 0 Å². The maximum atomic E-state index is 12.4. The molecule has 130 valence electrons. The van der Waals surface area contributed by atoms with Gasteiger partial charge in [0, 0.05) is 25.4 Å². The molecule has 1 aromatic heterocycles. The first-order chi connectivity index (χ1) is 11.6. The van der Waals surface area contributed by atoms with Crippen molar-refractivity contribution in [2.24, 2.45) is 7.05 Å². The second-order valence-electron chi connectivity index (χ2n) is 5.31. The molecule has 1 unspecified atom stereocenters. The van der Waals surface area contributed by atoms with E-state index in [-0.39, 0.29) is 5.91 Å². The van der Waals surface area contributed by atoms with E-state index in [4.69, 9.17) is 9.47 Å². The molecular weight excluding hydrogens is 308 g/mol. The SMILES string of the molecule is CCOc1cc(CNC(=O)C(NC)c2cnn(C)c2)ccc1OC. The van der Waals surface area contributed by atoms with Crippen molar-refractivity contribution in [1.82, 2.24) is 20.4 Å². The van der Waals surface area contributed by atoms with Crippen LogP contribution in [0.4, 0.5) is 0 Å². The largest absolute Gasteiger partial charge is 0.493 e. The summed E-state index contributed by atoms with van der Waals surface area (Å²) in [5.41, 5.74) is 1.76. The normalized spacial score (nSPS) is 11.8. The van der Waals surface area contributed by atoms with Crippen molar-refractivity contribution in [2.75, 3.05) is 20.8 Å². The number of aryl methyl sites for hydroxylation is 1. The van der Waals surface area contributed by atoms with Crippen molar-refractivity contribution in [1.29, 1.82) is 0 Å². The minimum Gasteiger partial charge on any atom is -0.493 e. The van der Waals surface area contributed by atoms with Gasteiger partial charge in [-0.1, -0.05) is 6.07 Å². The summed E-state index contributed by atoms with van der Waals surface area (Å²) in [5.74, 6) is 1.24. The minimum absolute atomic E-state index is 0.112. The highest BCUT2D eigenvalue weighted by atomic mass is 16.5. The molecular formula is C17H24N4O3. The number of carbonyl (C=O) groups excluding carboxylic acids is 1. The molecule has 1 heterocycles. The smallest absolute Gasteiger partial charge is 0.242 e. The lowest BCUT2D eigenvalue weighted by atomic mass is 10.1. The van der Waals surface area contributed by atoms with Crippen molar-refractivity contribution in [3.05, 3.63) is 41.7 Å². The van der Waals surface area contributed by atoms with Gasteiger partial charge in [-0.3, -0.25) is 9.48 Å². The summed E-state index contributed by atoms with van der Waals surface area (Å²) in [6.45, 7) is 2.87. The molecule has 1 atom stereocenters. The van der Waals surface area contributed by atoms with Gasteiger partial charge in [-0.2, -0.15) is 5.10 Å². The Morgan fingerprint density at radius 2 is 2.17 bits per heavy atom. The van der Waals surface area contributed by atoms with Gasteiger partial charge < -0.3 is 20.1 Å².